The molecule has 1 aliphatic carbocycles. The van der Waals surface area contributed by atoms with Crippen LogP contribution in [0.4, 0.5) is 4.39 Å². The molecule has 1 aromatic carbocycles. The Kier molecular flexibility index (Phi) is 6.16. The van der Waals surface area contributed by atoms with Crippen molar-refractivity contribution in [2.45, 2.75) is 37.3 Å². The number of aryl methyl sites for hydroxylation is 2. The Morgan fingerprint density at radius 3 is 2.87 bits per heavy atom. The predicted molar refractivity (Wildman–Crippen MR) is 121 cm³/mol. The SMILES string of the molecule is Cc1ccc([C@@]23C[C@@H]2CN(CCCSc2nnc(-c4ocnc4C)n2C)C3)c(F)c1.Cl. The smallest absolute Gasteiger partial charge is 0.202 e. The van der Waals surface area contributed by atoms with Crippen LogP contribution < -0.4 is 0 Å². The molecule has 0 N–H and O–H groups in total. The first kappa shape index (κ1) is 22.3. The van der Waals surface area contributed by atoms with E-state index in [1.54, 1.807) is 17.8 Å². The number of nitrogens with zero attached hydrogens (tertiary/aromatic N) is 5. The number of benzene rings is 1. The number of oxazole rings is 1. The molecule has 1 saturated carbocycles. The standard InChI is InChI=1S/C22H26FN5OS.ClH/c1-14-5-6-17(18(23)9-14)22-10-16(22)11-28(12-22)7-4-8-30-21-26-25-20(27(21)3)19-15(2)24-13-29-19;/h5-6,9,13,16H,4,7-8,10-12H2,1-3H3;1H/t16-,22-;/m1./s1. The molecule has 2 fully saturated rings. The molecule has 0 amide bonds. The van der Waals surface area contributed by atoms with Gasteiger partial charge in [-0.1, -0.05) is 23.9 Å². The van der Waals surface area contributed by atoms with Crippen LogP contribution in [-0.4, -0.2) is 50.0 Å². The largest absolute Gasteiger partial charge is 0.440 e. The van der Waals surface area contributed by atoms with Crippen molar-refractivity contribution in [3.05, 3.63) is 47.2 Å². The molecule has 0 spiro atoms. The lowest BCUT2D eigenvalue weighted by molar-refractivity contribution is 0.298. The van der Waals surface area contributed by atoms with Gasteiger partial charge in [0.15, 0.2) is 17.3 Å². The van der Waals surface area contributed by atoms with Crippen LogP contribution >= 0.6 is 24.2 Å². The van der Waals surface area contributed by atoms with Gasteiger partial charge in [0.1, 0.15) is 5.82 Å². The molecule has 3 aromatic rings. The van der Waals surface area contributed by atoms with E-state index in [0.717, 1.165) is 60.2 Å². The predicted octanol–water partition coefficient (Wildman–Crippen LogP) is 4.40. The van der Waals surface area contributed by atoms with E-state index in [-0.39, 0.29) is 23.6 Å². The minimum atomic E-state index is -0.0324. The van der Waals surface area contributed by atoms with Gasteiger partial charge >= 0.3 is 0 Å². The second-order valence-corrected chi connectivity index (χ2v) is 9.67. The van der Waals surface area contributed by atoms with Crippen molar-refractivity contribution >= 4 is 24.2 Å². The maximum Gasteiger partial charge on any atom is 0.202 e. The van der Waals surface area contributed by atoms with Gasteiger partial charge in [-0.15, -0.1) is 22.6 Å². The third-order valence-corrected chi connectivity index (χ3v) is 7.62. The lowest BCUT2D eigenvalue weighted by Gasteiger charge is -2.21. The number of rotatable bonds is 7. The molecule has 6 nitrogen and oxygen atoms in total. The van der Waals surface area contributed by atoms with Gasteiger partial charge in [-0.3, -0.25) is 0 Å². The van der Waals surface area contributed by atoms with Crippen molar-refractivity contribution in [2.75, 3.05) is 25.4 Å². The molecule has 166 valence electrons. The van der Waals surface area contributed by atoms with E-state index in [1.807, 2.05) is 37.6 Å². The summed E-state index contributed by atoms with van der Waals surface area (Å²) < 4.78 is 21.9. The Morgan fingerprint density at radius 2 is 2.13 bits per heavy atom. The first-order chi connectivity index (χ1) is 14.5. The second kappa shape index (κ2) is 8.56. The van der Waals surface area contributed by atoms with Crippen LogP contribution in [0.1, 0.15) is 29.7 Å². The highest BCUT2D eigenvalue weighted by Crippen LogP contribution is 2.59. The fraction of sp³-hybridized carbons (Fsp3) is 0.500. The van der Waals surface area contributed by atoms with Crippen molar-refractivity contribution < 1.29 is 8.81 Å². The quantitative estimate of drug-likeness (QED) is 0.382. The minimum absolute atomic E-state index is 0. The number of halogens is 2. The summed E-state index contributed by atoms with van der Waals surface area (Å²) in [5.74, 6) is 2.91. The highest BCUT2D eigenvalue weighted by molar-refractivity contribution is 7.99. The van der Waals surface area contributed by atoms with E-state index in [1.165, 1.54) is 6.39 Å². The number of piperidine rings is 1. The summed E-state index contributed by atoms with van der Waals surface area (Å²) in [4.78, 5) is 6.62. The molecule has 3 heterocycles. The molecule has 1 saturated heterocycles. The Balaban J connectivity index is 0.00000231. The average molecular weight is 464 g/mol. The van der Waals surface area contributed by atoms with Gasteiger partial charge in [0.2, 0.25) is 5.82 Å². The van der Waals surface area contributed by atoms with Crippen LogP contribution in [0.15, 0.2) is 34.2 Å². The van der Waals surface area contributed by atoms with Crippen LogP contribution in [0.25, 0.3) is 11.6 Å². The van der Waals surface area contributed by atoms with Gasteiger partial charge in [0.25, 0.3) is 0 Å². The Bertz CT molecular complexity index is 1090. The molecule has 31 heavy (non-hydrogen) atoms. The van der Waals surface area contributed by atoms with Gasteiger partial charge in [0, 0.05) is 31.3 Å². The lowest BCUT2D eigenvalue weighted by atomic mass is 9.93. The van der Waals surface area contributed by atoms with E-state index in [9.17, 15) is 4.39 Å². The lowest BCUT2D eigenvalue weighted by Crippen LogP contribution is -2.28. The van der Waals surface area contributed by atoms with Crippen LogP contribution in [0.5, 0.6) is 0 Å². The molecule has 0 unspecified atom stereocenters. The van der Waals surface area contributed by atoms with E-state index < -0.39 is 0 Å². The van der Waals surface area contributed by atoms with E-state index >= 15 is 0 Å². The zero-order chi connectivity index (χ0) is 20.9. The van der Waals surface area contributed by atoms with Crippen LogP contribution in [0.3, 0.4) is 0 Å². The first-order valence-electron chi connectivity index (χ1n) is 10.4. The van der Waals surface area contributed by atoms with E-state index in [0.29, 0.717) is 17.5 Å². The number of thioether (sulfide) groups is 1. The third kappa shape index (κ3) is 4.01. The van der Waals surface area contributed by atoms with E-state index in [4.69, 9.17) is 4.42 Å². The summed E-state index contributed by atoms with van der Waals surface area (Å²) >= 11 is 1.71. The zero-order valence-corrected chi connectivity index (χ0v) is 19.6. The topological polar surface area (TPSA) is 60.0 Å². The minimum Gasteiger partial charge on any atom is -0.440 e. The summed E-state index contributed by atoms with van der Waals surface area (Å²) in [5.41, 5.74) is 2.78. The van der Waals surface area contributed by atoms with Gasteiger partial charge in [-0.05, 0) is 56.3 Å². The fourth-order valence-electron chi connectivity index (χ4n) is 4.80. The van der Waals surface area contributed by atoms with Gasteiger partial charge in [0.05, 0.1) is 5.69 Å². The summed E-state index contributed by atoms with van der Waals surface area (Å²) in [6, 6.07) is 5.72. The molecule has 2 aromatic heterocycles. The normalized spacial score (nSPS) is 22.4. The molecule has 5 rings (SSSR count). The molecule has 0 bridgehead atoms. The van der Waals surface area contributed by atoms with Crippen molar-refractivity contribution in [1.29, 1.82) is 0 Å². The molecule has 2 atom stereocenters. The molecule has 9 heteroatoms. The van der Waals surface area contributed by atoms with Crippen molar-refractivity contribution in [2.24, 2.45) is 13.0 Å². The monoisotopic (exact) mass is 463 g/mol. The fourth-order valence-corrected chi connectivity index (χ4v) is 5.64. The second-order valence-electron chi connectivity index (χ2n) is 8.61. The molecular formula is C22H27ClFN5OS. The Morgan fingerprint density at radius 1 is 1.29 bits per heavy atom. The van der Waals surface area contributed by atoms with Crippen LogP contribution in [0, 0.1) is 25.6 Å². The summed E-state index contributed by atoms with van der Waals surface area (Å²) in [6.07, 6.45) is 3.62. The summed E-state index contributed by atoms with van der Waals surface area (Å²) in [5, 5.41) is 9.44. The highest BCUT2D eigenvalue weighted by Gasteiger charge is 2.61. The molecule has 1 aliphatic heterocycles. The number of hydrogen-bond acceptors (Lipinski definition) is 6. The molecule has 2 aliphatic rings. The van der Waals surface area contributed by atoms with E-state index in [2.05, 4.69) is 20.1 Å². The van der Waals surface area contributed by atoms with Crippen LogP contribution in [0.2, 0.25) is 0 Å². The van der Waals surface area contributed by atoms with Crippen molar-refractivity contribution in [3.63, 3.8) is 0 Å². The summed E-state index contributed by atoms with van der Waals surface area (Å²) in [7, 11) is 1.95. The molecule has 0 radical (unpaired) electrons. The van der Waals surface area contributed by atoms with Gasteiger partial charge in [-0.2, -0.15) is 0 Å². The van der Waals surface area contributed by atoms with Gasteiger partial charge in [-0.25, -0.2) is 9.37 Å². The number of likely N-dealkylation sites (tertiary alicyclic amines) is 1. The van der Waals surface area contributed by atoms with Crippen LogP contribution in [-0.2, 0) is 12.5 Å². The first-order valence-corrected chi connectivity index (χ1v) is 11.4. The number of hydrogen-bond donors (Lipinski definition) is 0. The molecular weight excluding hydrogens is 437 g/mol. The van der Waals surface area contributed by atoms with Crippen molar-refractivity contribution in [3.8, 4) is 11.6 Å². The summed E-state index contributed by atoms with van der Waals surface area (Å²) in [6.45, 7) is 6.93. The maximum atomic E-state index is 14.5. The number of fused-ring (bicyclic) bond motifs is 1. The van der Waals surface area contributed by atoms with Gasteiger partial charge < -0.3 is 13.9 Å². The average Bonchev–Trinajstić information content (AvgIpc) is 3.02. The third-order valence-electron chi connectivity index (χ3n) is 6.51. The zero-order valence-electron chi connectivity index (χ0n) is 18.0. The van der Waals surface area contributed by atoms with Crippen molar-refractivity contribution in [1.82, 2.24) is 24.6 Å². The Hall–Kier alpha value is -1.90. The number of aromatic nitrogens is 4. The maximum absolute atomic E-state index is 14.5. The highest BCUT2D eigenvalue weighted by atomic mass is 35.5. The Labute approximate surface area is 192 Å².